The quantitative estimate of drug-likeness (QED) is 0.290. The molecule has 2 fully saturated rings. The SMILES string of the molecule is CCOC(=O)CCC1CCCN(CC(=O)N[C@H](C(=O)N2C[C@H](O)C[C@H]2C(=O)N[C@@H](C)c2ccc(-c3scnc3C)cc2)C(C)(C)C)C1. The maximum absolute atomic E-state index is 14.0. The van der Waals surface area contributed by atoms with E-state index in [2.05, 4.69) is 20.5 Å². The van der Waals surface area contributed by atoms with Crippen LogP contribution in [0.4, 0.5) is 0 Å². The molecule has 1 unspecified atom stereocenters. The molecule has 3 amide bonds. The molecule has 12 heteroatoms. The van der Waals surface area contributed by atoms with Gasteiger partial charge in [-0.05, 0) is 69.0 Å². The highest BCUT2D eigenvalue weighted by Gasteiger charge is 2.44. The number of esters is 1. The van der Waals surface area contributed by atoms with Gasteiger partial charge in [0.1, 0.15) is 12.1 Å². The Bertz CT molecular complexity index is 1390. The standard InChI is InChI=1S/C35H51N5O6S/c1-7-46-30(43)15-10-24-9-8-16-39(18-24)20-29(42)38-32(35(4,5)6)34(45)40-19-27(41)17-28(40)33(44)37-22(2)25-11-13-26(14-12-25)31-23(3)36-21-47-31/h11-14,21-22,24,27-28,32,41H,7-10,15-20H2,1-6H3,(H,37,44)(H,38,42)/t22-,24?,27+,28-,32+/m0/s1. The van der Waals surface area contributed by atoms with E-state index < -0.39 is 23.6 Å². The van der Waals surface area contributed by atoms with Gasteiger partial charge in [-0.1, -0.05) is 45.0 Å². The van der Waals surface area contributed by atoms with E-state index in [-0.39, 0.29) is 49.2 Å². The predicted molar refractivity (Wildman–Crippen MR) is 181 cm³/mol. The van der Waals surface area contributed by atoms with Crippen LogP contribution in [0.3, 0.4) is 0 Å². The first-order chi connectivity index (χ1) is 22.3. The van der Waals surface area contributed by atoms with Gasteiger partial charge in [-0.15, -0.1) is 11.3 Å². The lowest BCUT2D eigenvalue weighted by Crippen LogP contribution is -2.59. The number of nitrogens with one attached hydrogen (secondary N) is 2. The molecule has 47 heavy (non-hydrogen) atoms. The van der Waals surface area contributed by atoms with Crippen LogP contribution in [0.25, 0.3) is 10.4 Å². The number of ether oxygens (including phenoxy) is 1. The van der Waals surface area contributed by atoms with Crippen LogP contribution in [0.5, 0.6) is 0 Å². The number of carbonyl (C=O) groups is 4. The molecule has 5 atom stereocenters. The van der Waals surface area contributed by atoms with Crippen LogP contribution in [0.1, 0.15) is 84.0 Å². The van der Waals surface area contributed by atoms with Crippen molar-refractivity contribution < 1.29 is 29.0 Å². The highest BCUT2D eigenvalue weighted by molar-refractivity contribution is 7.13. The second-order valence-corrected chi connectivity index (χ2v) is 14.8. The maximum Gasteiger partial charge on any atom is 0.305 e. The third kappa shape index (κ3) is 9.84. The molecule has 1 aromatic heterocycles. The number of aliphatic hydroxyl groups excluding tert-OH is 1. The van der Waals surface area contributed by atoms with Gasteiger partial charge < -0.3 is 25.4 Å². The van der Waals surface area contributed by atoms with Gasteiger partial charge in [0.25, 0.3) is 0 Å². The Hall–Kier alpha value is -3.35. The number of nitrogens with zero attached hydrogens (tertiary/aromatic N) is 3. The molecule has 0 aliphatic carbocycles. The maximum atomic E-state index is 14.0. The van der Waals surface area contributed by atoms with E-state index >= 15 is 0 Å². The van der Waals surface area contributed by atoms with Gasteiger partial charge in [0.05, 0.1) is 41.4 Å². The Kier molecular flexibility index (Phi) is 12.5. The number of benzene rings is 1. The Balaban J connectivity index is 1.36. The summed E-state index contributed by atoms with van der Waals surface area (Å²) in [4.78, 5) is 61.6. The molecule has 258 valence electrons. The zero-order valence-electron chi connectivity index (χ0n) is 28.6. The topological polar surface area (TPSA) is 141 Å². The van der Waals surface area contributed by atoms with Crippen LogP contribution in [0, 0.1) is 18.3 Å². The first-order valence-electron chi connectivity index (χ1n) is 16.7. The summed E-state index contributed by atoms with van der Waals surface area (Å²) in [6.07, 6.45) is 2.30. The van der Waals surface area contributed by atoms with E-state index in [1.807, 2.05) is 64.4 Å². The Morgan fingerprint density at radius 2 is 1.85 bits per heavy atom. The molecule has 2 aliphatic heterocycles. The molecule has 0 saturated carbocycles. The minimum absolute atomic E-state index is 0.0188. The van der Waals surface area contributed by atoms with Crippen molar-refractivity contribution in [3.8, 4) is 10.4 Å². The summed E-state index contributed by atoms with van der Waals surface area (Å²) >= 11 is 1.58. The summed E-state index contributed by atoms with van der Waals surface area (Å²) in [6, 6.07) is 5.90. The van der Waals surface area contributed by atoms with Crippen molar-refractivity contribution in [3.63, 3.8) is 0 Å². The number of β-amino-alcohol motifs (C(OH)–C–C–N with tert-alkyl or cyclic N) is 1. The Morgan fingerprint density at radius 1 is 1.13 bits per heavy atom. The Labute approximate surface area is 282 Å². The number of carbonyl (C=O) groups excluding carboxylic acids is 4. The van der Waals surface area contributed by atoms with Crippen molar-refractivity contribution in [3.05, 3.63) is 41.0 Å². The lowest BCUT2D eigenvalue weighted by atomic mass is 9.85. The lowest BCUT2D eigenvalue weighted by Gasteiger charge is -2.37. The molecular formula is C35H51N5O6S. The number of aromatic nitrogens is 1. The van der Waals surface area contributed by atoms with E-state index in [1.165, 1.54) is 4.90 Å². The fraction of sp³-hybridized carbons (Fsp3) is 0.629. The average Bonchev–Trinajstić information content (AvgIpc) is 3.63. The Morgan fingerprint density at radius 3 is 2.49 bits per heavy atom. The van der Waals surface area contributed by atoms with Crippen molar-refractivity contribution >= 4 is 35.0 Å². The van der Waals surface area contributed by atoms with Crippen LogP contribution >= 0.6 is 11.3 Å². The first kappa shape index (κ1) is 36.5. The van der Waals surface area contributed by atoms with Crippen LogP contribution in [-0.4, -0.2) is 94.6 Å². The average molecular weight is 670 g/mol. The summed E-state index contributed by atoms with van der Waals surface area (Å²) in [7, 11) is 0. The number of likely N-dealkylation sites (tertiary alicyclic amines) is 2. The molecular weight excluding hydrogens is 618 g/mol. The summed E-state index contributed by atoms with van der Waals surface area (Å²) in [5, 5.41) is 16.6. The second kappa shape index (κ2) is 16.2. The van der Waals surface area contributed by atoms with E-state index in [4.69, 9.17) is 4.74 Å². The monoisotopic (exact) mass is 669 g/mol. The van der Waals surface area contributed by atoms with Crippen molar-refractivity contribution in [2.45, 2.75) is 97.9 Å². The molecule has 0 radical (unpaired) electrons. The smallest absolute Gasteiger partial charge is 0.305 e. The third-order valence-electron chi connectivity index (χ3n) is 9.09. The fourth-order valence-corrected chi connectivity index (χ4v) is 7.32. The van der Waals surface area contributed by atoms with Gasteiger partial charge >= 0.3 is 5.97 Å². The number of rotatable bonds is 12. The zero-order chi connectivity index (χ0) is 34.3. The number of aliphatic hydroxyl groups is 1. The largest absolute Gasteiger partial charge is 0.466 e. The minimum Gasteiger partial charge on any atom is -0.466 e. The molecule has 4 rings (SSSR count). The van der Waals surface area contributed by atoms with Gasteiger partial charge in [0.15, 0.2) is 0 Å². The van der Waals surface area contributed by atoms with Crippen LogP contribution < -0.4 is 10.6 Å². The fourth-order valence-electron chi connectivity index (χ4n) is 6.51. The number of thiazole rings is 1. The van der Waals surface area contributed by atoms with Crippen molar-refractivity contribution in [1.82, 2.24) is 25.4 Å². The molecule has 0 spiro atoms. The van der Waals surface area contributed by atoms with Crippen LogP contribution in [-0.2, 0) is 23.9 Å². The van der Waals surface area contributed by atoms with Gasteiger partial charge in [0.2, 0.25) is 17.7 Å². The highest BCUT2D eigenvalue weighted by atomic mass is 32.1. The molecule has 2 aliphatic rings. The predicted octanol–water partition coefficient (Wildman–Crippen LogP) is 3.84. The number of aryl methyl sites for hydroxylation is 1. The van der Waals surface area contributed by atoms with Gasteiger partial charge in [-0.2, -0.15) is 0 Å². The number of amides is 3. The van der Waals surface area contributed by atoms with Gasteiger partial charge in [0, 0.05) is 25.9 Å². The molecule has 3 N–H and O–H groups in total. The summed E-state index contributed by atoms with van der Waals surface area (Å²) < 4.78 is 5.06. The summed E-state index contributed by atoms with van der Waals surface area (Å²) in [5.74, 6) is -0.889. The molecule has 1 aromatic carbocycles. The summed E-state index contributed by atoms with van der Waals surface area (Å²) in [6.45, 7) is 13.3. The number of piperidine rings is 1. The molecule has 3 heterocycles. The lowest BCUT2D eigenvalue weighted by molar-refractivity contribution is -0.144. The number of hydrogen-bond acceptors (Lipinski definition) is 9. The molecule has 2 saturated heterocycles. The molecule has 2 aromatic rings. The van der Waals surface area contributed by atoms with Crippen molar-refractivity contribution in [1.29, 1.82) is 0 Å². The molecule has 11 nitrogen and oxygen atoms in total. The first-order valence-corrected chi connectivity index (χ1v) is 17.6. The third-order valence-corrected chi connectivity index (χ3v) is 10.1. The molecule has 0 bridgehead atoms. The highest BCUT2D eigenvalue weighted by Crippen LogP contribution is 2.30. The second-order valence-electron chi connectivity index (χ2n) is 14.0. The van der Waals surface area contributed by atoms with E-state index in [0.29, 0.717) is 25.5 Å². The van der Waals surface area contributed by atoms with Crippen LogP contribution in [0.15, 0.2) is 29.8 Å². The van der Waals surface area contributed by atoms with Gasteiger partial charge in [-0.3, -0.25) is 24.1 Å². The zero-order valence-corrected chi connectivity index (χ0v) is 29.4. The van der Waals surface area contributed by atoms with E-state index in [9.17, 15) is 24.3 Å². The summed E-state index contributed by atoms with van der Waals surface area (Å²) in [5.41, 5.74) is 4.13. The van der Waals surface area contributed by atoms with Crippen LogP contribution in [0.2, 0.25) is 0 Å². The minimum atomic E-state index is -0.889. The normalized spacial score (nSPS) is 21.6. The van der Waals surface area contributed by atoms with E-state index in [0.717, 1.165) is 47.5 Å². The van der Waals surface area contributed by atoms with E-state index in [1.54, 1.807) is 18.3 Å². The van der Waals surface area contributed by atoms with Gasteiger partial charge in [-0.25, -0.2) is 4.98 Å². The van der Waals surface area contributed by atoms with Crippen molar-refractivity contribution in [2.75, 3.05) is 32.8 Å². The number of hydrogen-bond donors (Lipinski definition) is 3. The van der Waals surface area contributed by atoms with Crippen molar-refractivity contribution in [2.24, 2.45) is 11.3 Å².